The van der Waals surface area contributed by atoms with Gasteiger partial charge in [0, 0.05) is 12.1 Å². The molecular formula is C22H27FN5+. The third-order valence-corrected chi connectivity index (χ3v) is 5.80. The van der Waals surface area contributed by atoms with Crippen molar-refractivity contribution < 1.29 is 9.29 Å². The smallest absolute Gasteiger partial charge is 0.214 e. The van der Waals surface area contributed by atoms with Crippen LogP contribution in [0.15, 0.2) is 54.6 Å². The van der Waals surface area contributed by atoms with Crippen molar-refractivity contribution in [3.05, 3.63) is 77.4 Å². The normalized spacial score (nSPS) is 20.8. The van der Waals surface area contributed by atoms with Crippen LogP contribution in [0.4, 0.5) is 4.39 Å². The summed E-state index contributed by atoms with van der Waals surface area (Å²) >= 11 is 0. The van der Waals surface area contributed by atoms with Crippen LogP contribution in [-0.2, 0) is 13.0 Å². The molecule has 2 heterocycles. The summed E-state index contributed by atoms with van der Waals surface area (Å²) in [5.41, 5.74) is 2.34. The maximum absolute atomic E-state index is 13.5. The maximum Gasteiger partial charge on any atom is 0.214 e. The Labute approximate surface area is 165 Å². The highest BCUT2D eigenvalue weighted by Crippen LogP contribution is 2.20. The van der Waals surface area contributed by atoms with Crippen LogP contribution in [0.1, 0.15) is 42.8 Å². The molecule has 28 heavy (non-hydrogen) atoms. The molecule has 0 radical (unpaired) electrons. The Morgan fingerprint density at radius 3 is 2.50 bits per heavy atom. The third-order valence-electron chi connectivity index (χ3n) is 5.80. The Morgan fingerprint density at radius 2 is 1.79 bits per heavy atom. The first-order valence-electron chi connectivity index (χ1n) is 10.1. The minimum atomic E-state index is -0.214. The zero-order chi connectivity index (χ0) is 19.3. The van der Waals surface area contributed by atoms with Gasteiger partial charge in [0.2, 0.25) is 5.82 Å². The van der Waals surface area contributed by atoms with Crippen LogP contribution in [-0.4, -0.2) is 33.3 Å². The van der Waals surface area contributed by atoms with Gasteiger partial charge in [0.1, 0.15) is 5.82 Å². The number of nitrogens with one attached hydrogen (secondary N) is 1. The molecule has 3 aromatic rings. The van der Waals surface area contributed by atoms with Gasteiger partial charge in [0.05, 0.1) is 13.1 Å². The van der Waals surface area contributed by atoms with Crippen molar-refractivity contribution in [1.82, 2.24) is 20.2 Å². The van der Waals surface area contributed by atoms with E-state index in [4.69, 9.17) is 0 Å². The summed E-state index contributed by atoms with van der Waals surface area (Å²) in [6.45, 7) is 5.20. The molecule has 1 fully saturated rings. The van der Waals surface area contributed by atoms with Crippen molar-refractivity contribution in [3.63, 3.8) is 0 Å². The van der Waals surface area contributed by atoms with Crippen LogP contribution in [0.25, 0.3) is 0 Å². The minimum absolute atomic E-state index is 0.0267. The zero-order valence-electron chi connectivity index (χ0n) is 16.3. The number of hydrogen-bond acceptors (Lipinski definition) is 3. The van der Waals surface area contributed by atoms with Crippen LogP contribution >= 0.6 is 0 Å². The topological polar surface area (TPSA) is 48.0 Å². The molecule has 1 aromatic heterocycles. The molecule has 1 atom stereocenters. The Bertz CT molecular complexity index is 869. The lowest BCUT2D eigenvalue weighted by Crippen LogP contribution is -3.13. The summed E-state index contributed by atoms with van der Waals surface area (Å²) in [4.78, 5) is 1.46. The van der Waals surface area contributed by atoms with Gasteiger partial charge in [0.25, 0.3) is 0 Å². The average Bonchev–Trinajstić information content (AvgIpc) is 3.18. The molecule has 1 aliphatic heterocycles. The molecular weight excluding hydrogens is 353 g/mol. The molecule has 5 nitrogen and oxygen atoms in total. The van der Waals surface area contributed by atoms with E-state index in [-0.39, 0.29) is 11.9 Å². The molecule has 0 unspecified atom stereocenters. The molecule has 146 valence electrons. The Balaban J connectivity index is 1.61. The van der Waals surface area contributed by atoms with E-state index in [1.165, 1.54) is 35.4 Å². The number of piperidine rings is 1. The number of likely N-dealkylation sites (tertiary alicyclic amines) is 1. The summed E-state index contributed by atoms with van der Waals surface area (Å²) in [6.07, 6.45) is 3.26. The average molecular weight is 380 g/mol. The number of aromatic nitrogens is 4. The van der Waals surface area contributed by atoms with Gasteiger partial charge < -0.3 is 4.90 Å². The van der Waals surface area contributed by atoms with Crippen LogP contribution in [0.2, 0.25) is 0 Å². The van der Waals surface area contributed by atoms with Crippen molar-refractivity contribution >= 4 is 0 Å². The minimum Gasteiger partial charge on any atom is -0.322 e. The molecule has 0 spiro atoms. The van der Waals surface area contributed by atoms with E-state index in [1.54, 1.807) is 0 Å². The first-order valence-corrected chi connectivity index (χ1v) is 10.1. The largest absolute Gasteiger partial charge is 0.322 e. The van der Waals surface area contributed by atoms with Gasteiger partial charge in [-0.2, -0.15) is 0 Å². The number of rotatable bonds is 6. The lowest BCUT2D eigenvalue weighted by Gasteiger charge is -2.33. The van der Waals surface area contributed by atoms with Gasteiger partial charge in [-0.25, -0.2) is 9.07 Å². The number of quaternary nitrogens is 1. The van der Waals surface area contributed by atoms with Crippen LogP contribution in [0.5, 0.6) is 0 Å². The van der Waals surface area contributed by atoms with Crippen molar-refractivity contribution in [2.75, 3.05) is 13.1 Å². The molecule has 2 aromatic carbocycles. The first-order chi connectivity index (χ1) is 13.7. The Morgan fingerprint density at radius 1 is 1.07 bits per heavy atom. The van der Waals surface area contributed by atoms with E-state index in [2.05, 4.69) is 46.7 Å². The fraction of sp³-hybridized carbons (Fsp3) is 0.409. The highest BCUT2D eigenvalue weighted by Gasteiger charge is 2.33. The quantitative estimate of drug-likeness (QED) is 0.715. The predicted octanol–water partition coefficient (Wildman–Crippen LogP) is 2.46. The van der Waals surface area contributed by atoms with E-state index in [0.717, 1.165) is 43.4 Å². The van der Waals surface area contributed by atoms with Crippen molar-refractivity contribution in [2.45, 2.75) is 38.8 Å². The van der Waals surface area contributed by atoms with E-state index < -0.39 is 0 Å². The standard InChI is InChI=1S/C22H26FN5/c1-17-11-14-27(15-12-17)21(19-7-9-20(23)10-8-19)22-24-25-26-28(22)16-13-18-5-3-2-4-6-18/h2-10,17,21H,11-16H2,1H3/p+1/t21-/m1/s1. The number of tetrazole rings is 1. The monoisotopic (exact) mass is 380 g/mol. The van der Waals surface area contributed by atoms with Crippen LogP contribution < -0.4 is 4.90 Å². The summed E-state index contributed by atoms with van der Waals surface area (Å²) in [5.74, 6) is 1.41. The number of halogens is 1. The van der Waals surface area contributed by atoms with E-state index in [9.17, 15) is 4.39 Å². The summed E-state index contributed by atoms with van der Waals surface area (Å²) < 4.78 is 15.4. The fourth-order valence-corrected chi connectivity index (χ4v) is 4.10. The van der Waals surface area contributed by atoms with Gasteiger partial charge in [-0.1, -0.05) is 37.3 Å². The lowest BCUT2D eigenvalue weighted by molar-refractivity contribution is -0.932. The number of benzene rings is 2. The van der Waals surface area contributed by atoms with Gasteiger partial charge in [-0.05, 0) is 65.4 Å². The second-order valence-corrected chi connectivity index (χ2v) is 7.82. The third kappa shape index (κ3) is 4.28. The van der Waals surface area contributed by atoms with E-state index in [0.29, 0.717) is 0 Å². The zero-order valence-corrected chi connectivity index (χ0v) is 16.3. The molecule has 6 heteroatoms. The van der Waals surface area contributed by atoms with Crippen LogP contribution in [0, 0.1) is 11.7 Å². The second kappa shape index (κ2) is 8.61. The van der Waals surface area contributed by atoms with Gasteiger partial charge in [-0.3, -0.25) is 0 Å². The van der Waals surface area contributed by atoms with E-state index in [1.807, 2.05) is 22.9 Å². The van der Waals surface area contributed by atoms with Gasteiger partial charge in [0.15, 0.2) is 6.04 Å². The molecule has 1 N–H and O–H groups in total. The van der Waals surface area contributed by atoms with Crippen molar-refractivity contribution in [1.29, 1.82) is 0 Å². The number of hydrogen-bond donors (Lipinski definition) is 1. The van der Waals surface area contributed by atoms with Crippen molar-refractivity contribution in [3.8, 4) is 0 Å². The maximum atomic E-state index is 13.5. The highest BCUT2D eigenvalue weighted by molar-refractivity contribution is 5.23. The van der Waals surface area contributed by atoms with E-state index >= 15 is 0 Å². The highest BCUT2D eigenvalue weighted by atomic mass is 19.1. The molecule has 1 saturated heterocycles. The predicted molar refractivity (Wildman–Crippen MR) is 105 cm³/mol. The summed E-state index contributed by atoms with van der Waals surface area (Å²) in [7, 11) is 0. The first kappa shape index (κ1) is 18.7. The molecule has 0 amide bonds. The molecule has 0 saturated carbocycles. The van der Waals surface area contributed by atoms with Gasteiger partial charge in [-0.15, -0.1) is 5.10 Å². The Hall–Kier alpha value is -2.60. The van der Waals surface area contributed by atoms with Crippen molar-refractivity contribution in [2.24, 2.45) is 5.92 Å². The SMILES string of the molecule is CC1CC[NH+]([C@H](c2ccc(F)cc2)c2nnnn2CCc2ccccc2)CC1. The number of aryl methyl sites for hydroxylation is 2. The molecule has 4 rings (SSSR count). The second-order valence-electron chi connectivity index (χ2n) is 7.82. The fourth-order valence-electron chi connectivity index (χ4n) is 4.10. The number of nitrogens with zero attached hydrogens (tertiary/aromatic N) is 4. The van der Waals surface area contributed by atoms with Crippen LogP contribution in [0.3, 0.4) is 0 Å². The molecule has 0 aliphatic carbocycles. The molecule has 1 aliphatic rings. The van der Waals surface area contributed by atoms with Gasteiger partial charge >= 0.3 is 0 Å². The lowest BCUT2D eigenvalue weighted by atomic mass is 9.95. The molecule has 0 bridgehead atoms. The Kier molecular flexibility index (Phi) is 5.76. The summed E-state index contributed by atoms with van der Waals surface area (Å²) in [5, 5.41) is 12.7. The summed E-state index contributed by atoms with van der Waals surface area (Å²) in [6, 6.07) is 17.2.